The van der Waals surface area contributed by atoms with Gasteiger partial charge >= 0.3 is 5.97 Å². The molecule has 0 saturated heterocycles. The summed E-state index contributed by atoms with van der Waals surface area (Å²) in [6.07, 6.45) is 58.5. The highest BCUT2D eigenvalue weighted by Gasteiger charge is 2.24. The van der Waals surface area contributed by atoms with Gasteiger partial charge in [-0.25, -0.2) is 0 Å². The maximum absolute atomic E-state index is 13.2. The third kappa shape index (κ3) is 46.9. The largest absolute Gasteiger partial charge is 0.462 e. The summed E-state index contributed by atoms with van der Waals surface area (Å²) in [7, 11) is 0. The summed E-state index contributed by atoms with van der Waals surface area (Å²) in [6, 6.07) is -0.697. The van der Waals surface area contributed by atoms with Crippen molar-refractivity contribution in [2.75, 3.05) is 6.61 Å². The quantitative estimate of drug-likeness (QED) is 0.0321. The second kappa shape index (κ2) is 51.6. The maximum atomic E-state index is 13.2. The Morgan fingerprint density at radius 3 is 1.17 bits per heavy atom. The van der Waals surface area contributed by atoms with E-state index < -0.39 is 18.2 Å². The first kappa shape index (κ1) is 61.6. The van der Waals surface area contributed by atoms with Crippen LogP contribution < -0.4 is 5.32 Å². The fourth-order valence-electron chi connectivity index (χ4n) is 9.00. The first-order valence-corrected chi connectivity index (χ1v) is 28.4. The Hall–Kier alpha value is -1.40. The van der Waals surface area contributed by atoms with Crippen molar-refractivity contribution in [3.63, 3.8) is 0 Å². The third-order valence-electron chi connectivity index (χ3n) is 13.3. The molecule has 0 aliphatic heterocycles. The van der Waals surface area contributed by atoms with E-state index in [0.29, 0.717) is 19.3 Å². The monoisotopic (exact) mass is 890 g/mol. The van der Waals surface area contributed by atoms with Crippen molar-refractivity contribution >= 4 is 11.9 Å². The van der Waals surface area contributed by atoms with E-state index in [1.165, 1.54) is 218 Å². The number of carbonyl (C=O) groups excluding carboxylic acids is 2. The topological polar surface area (TPSA) is 95.9 Å². The fourth-order valence-corrected chi connectivity index (χ4v) is 9.00. The lowest BCUT2D eigenvalue weighted by atomic mass is 10.0. The standard InChI is InChI=1S/C57H111NO5/c1-4-7-10-13-16-19-22-24-26-28-29-31-34-36-39-42-45-48-53(63-57(62)50-47-44-41-38-33-21-18-15-12-9-6-3)51-56(61)58-54(52-59)55(60)49-46-43-40-37-35-32-30-27-25-23-20-17-14-11-8-5-2/h15,18,53-55,59-60H,4-14,16-17,19-52H2,1-3H3,(H,58,61)/b18-15-. The molecule has 6 heteroatoms. The minimum atomic E-state index is -0.784. The summed E-state index contributed by atoms with van der Waals surface area (Å²) in [5.74, 6) is -0.463. The molecule has 0 saturated carbocycles. The molecule has 0 aromatic rings. The molecular weight excluding hydrogens is 779 g/mol. The van der Waals surface area contributed by atoms with Crippen molar-refractivity contribution in [1.82, 2.24) is 5.32 Å². The minimum absolute atomic E-state index is 0.0820. The molecule has 0 bridgehead atoms. The molecule has 0 aromatic carbocycles. The Balaban J connectivity index is 4.47. The lowest BCUT2D eigenvalue weighted by molar-refractivity contribution is -0.151. The van der Waals surface area contributed by atoms with Crippen LogP contribution in [0.5, 0.6) is 0 Å². The first-order chi connectivity index (χ1) is 31.0. The van der Waals surface area contributed by atoms with E-state index in [4.69, 9.17) is 4.74 Å². The number of allylic oxidation sites excluding steroid dienone is 2. The number of hydrogen-bond donors (Lipinski definition) is 3. The van der Waals surface area contributed by atoms with Gasteiger partial charge in [-0.3, -0.25) is 9.59 Å². The second-order valence-corrected chi connectivity index (χ2v) is 19.7. The van der Waals surface area contributed by atoms with Crippen LogP contribution in [0.15, 0.2) is 12.2 Å². The number of aliphatic hydroxyl groups excluding tert-OH is 2. The molecule has 3 atom stereocenters. The van der Waals surface area contributed by atoms with Crippen LogP contribution in [0.25, 0.3) is 0 Å². The van der Waals surface area contributed by atoms with Crippen LogP contribution >= 0.6 is 0 Å². The number of aliphatic hydroxyl groups is 2. The Labute approximate surface area is 393 Å². The lowest BCUT2D eigenvalue weighted by Crippen LogP contribution is -2.46. The SMILES string of the molecule is CCCC/C=C\CCCCCCCC(=O)OC(CCCCCCCCCCCCCCCCCCC)CC(=O)NC(CO)C(O)CCCCCCCCCCCCCCCCCC. The number of nitrogens with one attached hydrogen (secondary N) is 1. The first-order valence-electron chi connectivity index (χ1n) is 28.4. The van der Waals surface area contributed by atoms with Crippen molar-refractivity contribution in [3.8, 4) is 0 Å². The van der Waals surface area contributed by atoms with Crippen LogP contribution in [0.1, 0.15) is 316 Å². The zero-order valence-electron chi connectivity index (χ0n) is 42.7. The summed E-state index contributed by atoms with van der Waals surface area (Å²) < 4.78 is 5.95. The summed E-state index contributed by atoms with van der Waals surface area (Å²) >= 11 is 0. The van der Waals surface area contributed by atoms with Gasteiger partial charge in [0.05, 0.1) is 25.2 Å². The number of hydrogen-bond acceptors (Lipinski definition) is 5. The number of unbranched alkanes of at least 4 members (excludes halogenated alkanes) is 38. The maximum Gasteiger partial charge on any atom is 0.306 e. The van der Waals surface area contributed by atoms with E-state index in [1.54, 1.807) is 0 Å². The van der Waals surface area contributed by atoms with Gasteiger partial charge in [0.25, 0.3) is 0 Å². The van der Waals surface area contributed by atoms with Gasteiger partial charge in [0, 0.05) is 6.42 Å². The number of rotatable bonds is 52. The van der Waals surface area contributed by atoms with Crippen molar-refractivity contribution in [1.29, 1.82) is 0 Å². The van der Waals surface area contributed by atoms with E-state index in [9.17, 15) is 19.8 Å². The summed E-state index contributed by atoms with van der Waals surface area (Å²) in [4.78, 5) is 26.2. The molecule has 0 radical (unpaired) electrons. The molecule has 6 nitrogen and oxygen atoms in total. The highest BCUT2D eigenvalue weighted by molar-refractivity contribution is 5.77. The normalized spacial score (nSPS) is 13.2. The van der Waals surface area contributed by atoms with E-state index in [-0.39, 0.29) is 24.9 Å². The van der Waals surface area contributed by atoms with Crippen LogP contribution in [0, 0.1) is 0 Å². The molecule has 63 heavy (non-hydrogen) atoms. The Morgan fingerprint density at radius 1 is 0.444 bits per heavy atom. The molecule has 0 heterocycles. The van der Waals surface area contributed by atoms with Crippen molar-refractivity contribution in [2.45, 2.75) is 334 Å². The molecular formula is C57H111NO5. The molecule has 374 valence electrons. The van der Waals surface area contributed by atoms with Gasteiger partial charge < -0.3 is 20.3 Å². The van der Waals surface area contributed by atoms with Crippen molar-refractivity contribution in [3.05, 3.63) is 12.2 Å². The van der Waals surface area contributed by atoms with Crippen LogP contribution in [0.2, 0.25) is 0 Å². The molecule has 0 rings (SSSR count). The molecule has 3 unspecified atom stereocenters. The predicted molar refractivity (Wildman–Crippen MR) is 273 cm³/mol. The summed E-state index contributed by atoms with van der Waals surface area (Å²) in [6.45, 7) is 6.49. The predicted octanol–water partition coefficient (Wildman–Crippen LogP) is 17.3. The molecule has 0 spiro atoms. The Bertz CT molecular complexity index is 955. The minimum Gasteiger partial charge on any atom is -0.462 e. The molecule has 1 amide bonds. The van der Waals surface area contributed by atoms with Crippen LogP contribution in [-0.4, -0.2) is 46.9 Å². The van der Waals surface area contributed by atoms with Crippen LogP contribution in [0.4, 0.5) is 0 Å². The number of carbonyl (C=O) groups is 2. The van der Waals surface area contributed by atoms with Crippen LogP contribution in [-0.2, 0) is 14.3 Å². The van der Waals surface area contributed by atoms with Gasteiger partial charge in [0.1, 0.15) is 6.10 Å². The summed E-state index contributed by atoms with van der Waals surface area (Å²) in [5, 5.41) is 23.9. The van der Waals surface area contributed by atoms with Crippen molar-refractivity contribution in [2.24, 2.45) is 0 Å². The third-order valence-corrected chi connectivity index (χ3v) is 13.3. The molecule has 0 aromatic heterocycles. The van der Waals surface area contributed by atoms with Gasteiger partial charge in [-0.2, -0.15) is 0 Å². The highest BCUT2D eigenvalue weighted by atomic mass is 16.5. The Kier molecular flexibility index (Phi) is 50.4. The van der Waals surface area contributed by atoms with E-state index in [1.807, 2.05) is 0 Å². The van der Waals surface area contributed by atoms with Gasteiger partial charge in [0.15, 0.2) is 0 Å². The molecule has 0 aliphatic carbocycles. The van der Waals surface area contributed by atoms with Gasteiger partial charge in [-0.05, 0) is 44.9 Å². The summed E-state index contributed by atoms with van der Waals surface area (Å²) in [5.41, 5.74) is 0. The van der Waals surface area contributed by atoms with Gasteiger partial charge in [-0.1, -0.05) is 270 Å². The number of esters is 1. The second-order valence-electron chi connectivity index (χ2n) is 19.7. The van der Waals surface area contributed by atoms with Gasteiger partial charge in [0.2, 0.25) is 5.91 Å². The zero-order valence-corrected chi connectivity index (χ0v) is 42.7. The zero-order chi connectivity index (χ0) is 45.9. The lowest BCUT2D eigenvalue weighted by Gasteiger charge is -2.24. The molecule has 3 N–H and O–H groups in total. The smallest absolute Gasteiger partial charge is 0.306 e. The fraction of sp³-hybridized carbons (Fsp3) is 0.930. The average Bonchev–Trinajstić information content (AvgIpc) is 3.28. The van der Waals surface area contributed by atoms with E-state index in [2.05, 4.69) is 38.2 Å². The highest BCUT2D eigenvalue weighted by Crippen LogP contribution is 2.19. The Morgan fingerprint density at radius 2 is 0.778 bits per heavy atom. The van der Waals surface area contributed by atoms with Gasteiger partial charge in [-0.15, -0.1) is 0 Å². The molecule has 0 aliphatic rings. The number of amides is 1. The van der Waals surface area contributed by atoms with Crippen molar-refractivity contribution < 1.29 is 24.5 Å². The van der Waals surface area contributed by atoms with Crippen LogP contribution in [0.3, 0.4) is 0 Å². The number of ether oxygens (including phenoxy) is 1. The van der Waals surface area contributed by atoms with E-state index >= 15 is 0 Å². The molecule has 0 fully saturated rings. The average molecular weight is 891 g/mol. The van der Waals surface area contributed by atoms with E-state index in [0.717, 1.165) is 51.4 Å².